The lowest BCUT2D eigenvalue weighted by molar-refractivity contribution is -0.136. The van der Waals surface area contributed by atoms with Crippen molar-refractivity contribution in [2.75, 3.05) is 26.3 Å². The lowest BCUT2D eigenvalue weighted by Crippen LogP contribution is -2.45. The number of ether oxygens (including phenoxy) is 1. The van der Waals surface area contributed by atoms with E-state index in [0.717, 1.165) is 24.9 Å². The van der Waals surface area contributed by atoms with Gasteiger partial charge in [-0.05, 0) is 37.5 Å². The molecule has 1 amide bonds. The van der Waals surface area contributed by atoms with Gasteiger partial charge in [0.2, 0.25) is 5.91 Å². The Kier molecular flexibility index (Phi) is 3.09. The molecule has 2 saturated carbocycles. The second kappa shape index (κ2) is 4.58. The van der Waals surface area contributed by atoms with Crippen molar-refractivity contribution in [1.82, 2.24) is 4.90 Å². The Hall–Kier alpha value is -0.610. The summed E-state index contributed by atoms with van der Waals surface area (Å²) in [4.78, 5) is 14.5. The molecule has 3 aliphatic rings. The molecule has 2 unspecified atom stereocenters. The molecule has 3 fully saturated rings. The van der Waals surface area contributed by atoms with Crippen molar-refractivity contribution in [2.45, 2.75) is 31.7 Å². The number of nitrogens with two attached hydrogens (primary N) is 1. The molecule has 0 aromatic rings. The lowest BCUT2D eigenvalue weighted by atomic mass is 10.0. The third-order valence-corrected chi connectivity index (χ3v) is 4.10. The zero-order chi connectivity index (χ0) is 11.8. The molecular weight excluding hydrogens is 216 g/mol. The molecule has 3 rings (SSSR count). The molecule has 4 heteroatoms. The molecule has 0 aromatic heterocycles. The fourth-order valence-electron chi connectivity index (χ4n) is 2.54. The van der Waals surface area contributed by atoms with E-state index in [2.05, 4.69) is 4.90 Å². The number of carbonyl (C=O) groups excluding carboxylic acids is 1. The van der Waals surface area contributed by atoms with E-state index in [-0.39, 0.29) is 17.9 Å². The van der Waals surface area contributed by atoms with Gasteiger partial charge in [-0.2, -0.15) is 0 Å². The third-order valence-electron chi connectivity index (χ3n) is 4.10. The minimum atomic E-state index is -0.0941. The van der Waals surface area contributed by atoms with Crippen molar-refractivity contribution in [2.24, 2.45) is 23.5 Å². The van der Waals surface area contributed by atoms with Crippen LogP contribution in [0, 0.1) is 17.8 Å². The molecule has 2 atom stereocenters. The lowest BCUT2D eigenvalue weighted by Gasteiger charge is -2.26. The number of nitrogens with zero attached hydrogens (tertiary/aromatic N) is 1. The third kappa shape index (κ3) is 2.80. The highest BCUT2D eigenvalue weighted by molar-refractivity contribution is 5.80. The van der Waals surface area contributed by atoms with Crippen LogP contribution in [0.25, 0.3) is 0 Å². The Morgan fingerprint density at radius 2 is 1.71 bits per heavy atom. The summed E-state index contributed by atoms with van der Waals surface area (Å²) >= 11 is 0. The van der Waals surface area contributed by atoms with Gasteiger partial charge in [0.1, 0.15) is 0 Å². The van der Waals surface area contributed by atoms with Gasteiger partial charge in [0.05, 0.1) is 19.1 Å². The first-order valence-electron chi connectivity index (χ1n) is 6.86. The fraction of sp³-hybridized carbons (Fsp3) is 0.923. The van der Waals surface area contributed by atoms with E-state index in [1.807, 2.05) is 0 Å². The first-order valence-corrected chi connectivity index (χ1v) is 6.86. The second-order valence-electron chi connectivity index (χ2n) is 5.94. The van der Waals surface area contributed by atoms with E-state index in [1.54, 1.807) is 0 Å². The highest BCUT2D eigenvalue weighted by Gasteiger charge is 2.38. The predicted octanol–water partition coefficient (Wildman–Crippen LogP) is 0.609. The summed E-state index contributed by atoms with van der Waals surface area (Å²) in [7, 11) is 0. The van der Waals surface area contributed by atoms with Crippen LogP contribution in [-0.4, -0.2) is 43.2 Å². The molecule has 0 bridgehead atoms. The minimum absolute atomic E-state index is 0.0903. The van der Waals surface area contributed by atoms with Crippen molar-refractivity contribution in [3.05, 3.63) is 0 Å². The van der Waals surface area contributed by atoms with Gasteiger partial charge in [0, 0.05) is 19.1 Å². The van der Waals surface area contributed by atoms with Crippen LogP contribution in [-0.2, 0) is 9.53 Å². The average Bonchev–Trinajstić information content (AvgIpc) is 3.21. The van der Waals surface area contributed by atoms with E-state index in [0.29, 0.717) is 13.2 Å². The maximum Gasteiger partial charge on any atom is 0.229 e. The van der Waals surface area contributed by atoms with Gasteiger partial charge < -0.3 is 15.4 Å². The summed E-state index contributed by atoms with van der Waals surface area (Å²) in [6, 6.07) is -0.0941. The maximum absolute atomic E-state index is 12.4. The molecule has 1 saturated heterocycles. The molecule has 2 N–H and O–H groups in total. The quantitative estimate of drug-likeness (QED) is 0.763. The standard InChI is InChI=1S/C13H22N2O2/c14-12-8-17-7-11(12)13(16)15(5-9-1-2-9)6-10-3-4-10/h9-12H,1-8,14H2. The second-order valence-corrected chi connectivity index (χ2v) is 5.94. The van der Waals surface area contributed by atoms with Crippen molar-refractivity contribution >= 4 is 5.91 Å². The average molecular weight is 238 g/mol. The van der Waals surface area contributed by atoms with Gasteiger partial charge in [0.15, 0.2) is 0 Å². The first kappa shape index (κ1) is 11.5. The molecule has 0 aromatic carbocycles. The van der Waals surface area contributed by atoms with Crippen LogP contribution >= 0.6 is 0 Å². The normalized spacial score (nSPS) is 32.8. The minimum Gasteiger partial charge on any atom is -0.379 e. The Morgan fingerprint density at radius 1 is 1.12 bits per heavy atom. The number of carbonyl (C=O) groups is 1. The number of amides is 1. The topological polar surface area (TPSA) is 55.6 Å². The zero-order valence-corrected chi connectivity index (χ0v) is 10.3. The summed E-state index contributed by atoms with van der Waals surface area (Å²) in [5.41, 5.74) is 5.94. The molecular formula is C13H22N2O2. The predicted molar refractivity (Wildman–Crippen MR) is 64.3 cm³/mol. The monoisotopic (exact) mass is 238 g/mol. The van der Waals surface area contributed by atoms with Gasteiger partial charge >= 0.3 is 0 Å². The highest BCUT2D eigenvalue weighted by Crippen LogP contribution is 2.34. The van der Waals surface area contributed by atoms with E-state index >= 15 is 0 Å². The van der Waals surface area contributed by atoms with Crippen LogP contribution in [0.3, 0.4) is 0 Å². The van der Waals surface area contributed by atoms with Crippen molar-refractivity contribution < 1.29 is 9.53 Å². The Bertz CT molecular complexity index is 286. The molecule has 1 heterocycles. The molecule has 2 aliphatic carbocycles. The fourth-order valence-corrected chi connectivity index (χ4v) is 2.54. The molecule has 1 aliphatic heterocycles. The van der Waals surface area contributed by atoms with E-state index in [1.165, 1.54) is 25.7 Å². The smallest absolute Gasteiger partial charge is 0.229 e. The van der Waals surface area contributed by atoms with Gasteiger partial charge in [-0.3, -0.25) is 4.79 Å². The first-order chi connectivity index (χ1) is 8.24. The Balaban J connectivity index is 1.60. The van der Waals surface area contributed by atoms with Crippen LogP contribution in [0.1, 0.15) is 25.7 Å². The zero-order valence-electron chi connectivity index (χ0n) is 10.3. The Morgan fingerprint density at radius 3 is 2.12 bits per heavy atom. The molecule has 4 nitrogen and oxygen atoms in total. The van der Waals surface area contributed by atoms with Crippen LogP contribution < -0.4 is 5.73 Å². The van der Waals surface area contributed by atoms with E-state index in [9.17, 15) is 4.79 Å². The summed E-state index contributed by atoms with van der Waals surface area (Å²) in [6.45, 7) is 2.97. The Labute approximate surface area is 102 Å². The summed E-state index contributed by atoms with van der Waals surface area (Å²) in [5.74, 6) is 1.67. The number of hydrogen-bond acceptors (Lipinski definition) is 3. The summed E-state index contributed by atoms with van der Waals surface area (Å²) in [5, 5.41) is 0. The summed E-state index contributed by atoms with van der Waals surface area (Å²) in [6.07, 6.45) is 5.17. The van der Waals surface area contributed by atoms with Gasteiger partial charge in [-0.1, -0.05) is 0 Å². The van der Waals surface area contributed by atoms with Gasteiger partial charge in [0.25, 0.3) is 0 Å². The van der Waals surface area contributed by atoms with Crippen LogP contribution in [0.15, 0.2) is 0 Å². The SMILES string of the molecule is NC1COCC1C(=O)N(CC1CC1)CC1CC1. The van der Waals surface area contributed by atoms with Crippen LogP contribution in [0.4, 0.5) is 0 Å². The van der Waals surface area contributed by atoms with Gasteiger partial charge in [-0.25, -0.2) is 0 Å². The number of hydrogen-bond donors (Lipinski definition) is 1. The molecule has 0 radical (unpaired) electrons. The van der Waals surface area contributed by atoms with Crippen LogP contribution in [0.5, 0.6) is 0 Å². The maximum atomic E-state index is 12.4. The van der Waals surface area contributed by atoms with Crippen molar-refractivity contribution in [1.29, 1.82) is 0 Å². The van der Waals surface area contributed by atoms with E-state index < -0.39 is 0 Å². The highest BCUT2D eigenvalue weighted by atomic mass is 16.5. The molecule has 17 heavy (non-hydrogen) atoms. The van der Waals surface area contributed by atoms with Crippen LogP contribution in [0.2, 0.25) is 0 Å². The van der Waals surface area contributed by atoms with Crippen molar-refractivity contribution in [3.8, 4) is 0 Å². The molecule has 0 spiro atoms. The van der Waals surface area contributed by atoms with Crippen molar-refractivity contribution in [3.63, 3.8) is 0 Å². The largest absolute Gasteiger partial charge is 0.379 e. The molecule has 96 valence electrons. The number of rotatable bonds is 5. The van der Waals surface area contributed by atoms with E-state index in [4.69, 9.17) is 10.5 Å². The van der Waals surface area contributed by atoms with Gasteiger partial charge in [-0.15, -0.1) is 0 Å². The summed E-state index contributed by atoms with van der Waals surface area (Å²) < 4.78 is 5.31.